The van der Waals surface area contributed by atoms with Crippen LogP contribution in [0.15, 0.2) is 53.9 Å². The molecule has 0 amide bonds. The van der Waals surface area contributed by atoms with Gasteiger partial charge in [0.25, 0.3) is 0 Å². The maximum absolute atomic E-state index is 12.9. The van der Waals surface area contributed by atoms with Crippen molar-refractivity contribution in [3.63, 3.8) is 0 Å². The molecule has 2 aromatic carbocycles. The van der Waals surface area contributed by atoms with Gasteiger partial charge < -0.3 is 0 Å². The van der Waals surface area contributed by atoms with Crippen molar-refractivity contribution in [1.29, 1.82) is 0 Å². The summed E-state index contributed by atoms with van der Waals surface area (Å²) in [5.74, 6) is 0.459. The van der Waals surface area contributed by atoms with Crippen LogP contribution in [0.1, 0.15) is 34.3 Å². The number of thioether (sulfide) groups is 1. The highest BCUT2D eigenvalue weighted by Crippen LogP contribution is 2.23. The highest BCUT2D eigenvalue weighted by atomic mass is 32.2. The summed E-state index contributed by atoms with van der Waals surface area (Å²) in [7, 11) is 0. The first-order valence-corrected chi connectivity index (χ1v) is 9.42. The molecule has 0 N–H and O–H groups in total. The van der Waals surface area contributed by atoms with E-state index in [0.29, 0.717) is 12.0 Å². The Labute approximate surface area is 156 Å². The molecule has 134 valence electrons. The Bertz CT molecular complexity index is 906. The van der Waals surface area contributed by atoms with E-state index in [1.165, 1.54) is 29.8 Å². The summed E-state index contributed by atoms with van der Waals surface area (Å²) >= 11 is 1.58. The molecule has 0 unspecified atom stereocenters. The standard InChI is InChI=1S/C20H20FN3OS/c1-14-5-10-18(15(2)12-14)24-13-22-23-20(24)26-11-3-4-19(25)16-6-8-17(21)9-7-16/h5-10,12-13H,3-4,11H2,1-2H3. The fourth-order valence-electron chi connectivity index (χ4n) is 2.74. The minimum atomic E-state index is -0.331. The highest BCUT2D eigenvalue weighted by Gasteiger charge is 2.10. The zero-order chi connectivity index (χ0) is 18.5. The van der Waals surface area contributed by atoms with Crippen LogP contribution in [0.4, 0.5) is 4.39 Å². The van der Waals surface area contributed by atoms with Crippen molar-refractivity contribution in [3.8, 4) is 5.69 Å². The van der Waals surface area contributed by atoms with Crippen LogP contribution in [-0.2, 0) is 0 Å². The molecule has 0 spiro atoms. The predicted octanol–water partition coefficient (Wildman–Crippen LogP) is 4.78. The number of aryl methyl sites for hydroxylation is 2. The number of carbonyl (C=O) groups is 1. The molecule has 0 aliphatic heterocycles. The zero-order valence-electron chi connectivity index (χ0n) is 14.8. The number of halogens is 1. The number of hydrogen-bond donors (Lipinski definition) is 0. The quantitative estimate of drug-likeness (QED) is 0.342. The molecule has 3 rings (SSSR count). The topological polar surface area (TPSA) is 47.8 Å². The van der Waals surface area contributed by atoms with Crippen LogP contribution in [0.2, 0.25) is 0 Å². The minimum absolute atomic E-state index is 0.0291. The van der Waals surface area contributed by atoms with Gasteiger partial charge in [-0.2, -0.15) is 0 Å². The van der Waals surface area contributed by atoms with Gasteiger partial charge in [0.2, 0.25) is 0 Å². The first-order valence-electron chi connectivity index (χ1n) is 8.44. The molecule has 0 atom stereocenters. The summed E-state index contributed by atoms with van der Waals surface area (Å²) in [6.07, 6.45) is 2.86. The van der Waals surface area contributed by atoms with E-state index in [1.807, 2.05) is 4.57 Å². The van der Waals surface area contributed by atoms with Gasteiger partial charge in [0, 0.05) is 17.7 Å². The summed E-state index contributed by atoms with van der Waals surface area (Å²) in [5, 5.41) is 9.02. The van der Waals surface area contributed by atoms with Crippen LogP contribution >= 0.6 is 11.8 Å². The number of rotatable bonds is 7. The smallest absolute Gasteiger partial charge is 0.195 e. The van der Waals surface area contributed by atoms with Crippen molar-refractivity contribution < 1.29 is 9.18 Å². The Kier molecular flexibility index (Phi) is 5.83. The Morgan fingerprint density at radius 1 is 1.15 bits per heavy atom. The molecule has 0 bridgehead atoms. The molecule has 0 aliphatic rings. The number of nitrogens with zero attached hydrogens (tertiary/aromatic N) is 3. The number of ketones is 1. The number of aromatic nitrogens is 3. The van der Waals surface area contributed by atoms with Crippen LogP contribution in [0.5, 0.6) is 0 Å². The molecule has 0 saturated heterocycles. The van der Waals surface area contributed by atoms with Crippen molar-refractivity contribution in [2.24, 2.45) is 0 Å². The summed E-state index contributed by atoms with van der Waals surface area (Å²) < 4.78 is 14.9. The third-order valence-electron chi connectivity index (χ3n) is 4.07. The molecule has 6 heteroatoms. The van der Waals surface area contributed by atoms with Crippen LogP contribution in [0.25, 0.3) is 5.69 Å². The number of benzene rings is 2. The van der Waals surface area contributed by atoms with Gasteiger partial charge in [0.15, 0.2) is 10.9 Å². The molecule has 1 heterocycles. The monoisotopic (exact) mass is 369 g/mol. The average Bonchev–Trinajstić information content (AvgIpc) is 3.07. The molecule has 0 saturated carbocycles. The first-order chi connectivity index (χ1) is 12.5. The lowest BCUT2D eigenvalue weighted by Crippen LogP contribution is -2.01. The van der Waals surface area contributed by atoms with Crippen LogP contribution in [0, 0.1) is 19.7 Å². The molecule has 0 fully saturated rings. The van der Waals surface area contributed by atoms with E-state index >= 15 is 0 Å². The summed E-state index contributed by atoms with van der Waals surface area (Å²) in [5.41, 5.74) is 3.99. The Balaban J connectivity index is 1.57. The van der Waals surface area contributed by atoms with Gasteiger partial charge >= 0.3 is 0 Å². The van der Waals surface area contributed by atoms with Crippen molar-refractivity contribution in [2.45, 2.75) is 31.8 Å². The lowest BCUT2D eigenvalue weighted by molar-refractivity contribution is 0.0982. The van der Waals surface area contributed by atoms with E-state index in [-0.39, 0.29) is 11.6 Å². The van der Waals surface area contributed by atoms with Crippen molar-refractivity contribution in [1.82, 2.24) is 14.8 Å². The summed E-state index contributed by atoms with van der Waals surface area (Å²) in [6, 6.07) is 11.9. The van der Waals surface area contributed by atoms with Crippen molar-refractivity contribution in [2.75, 3.05) is 5.75 Å². The molecule has 0 aliphatic carbocycles. The molecular weight excluding hydrogens is 349 g/mol. The van der Waals surface area contributed by atoms with E-state index in [9.17, 15) is 9.18 Å². The van der Waals surface area contributed by atoms with Crippen molar-refractivity contribution >= 4 is 17.5 Å². The second kappa shape index (κ2) is 8.27. The van der Waals surface area contributed by atoms with Gasteiger partial charge in [-0.1, -0.05) is 29.5 Å². The van der Waals surface area contributed by atoms with Gasteiger partial charge in [-0.3, -0.25) is 9.36 Å². The number of carbonyl (C=O) groups excluding carboxylic acids is 1. The minimum Gasteiger partial charge on any atom is -0.294 e. The third kappa shape index (κ3) is 4.38. The number of hydrogen-bond acceptors (Lipinski definition) is 4. The van der Waals surface area contributed by atoms with Gasteiger partial charge in [0.05, 0.1) is 5.69 Å². The van der Waals surface area contributed by atoms with Crippen LogP contribution < -0.4 is 0 Å². The van der Waals surface area contributed by atoms with E-state index in [2.05, 4.69) is 42.2 Å². The lowest BCUT2D eigenvalue weighted by atomic mass is 10.1. The first kappa shape index (κ1) is 18.3. The van der Waals surface area contributed by atoms with E-state index in [0.717, 1.165) is 28.6 Å². The van der Waals surface area contributed by atoms with E-state index in [4.69, 9.17) is 0 Å². The van der Waals surface area contributed by atoms with Gasteiger partial charge in [-0.05, 0) is 56.2 Å². The zero-order valence-corrected chi connectivity index (χ0v) is 15.6. The average molecular weight is 369 g/mol. The SMILES string of the molecule is Cc1ccc(-n2cnnc2SCCCC(=O)c2ccc(F)cc2)c(C)c1. The fourth-order valence-corrected chi connectivity index (χ4v) is 3.60. The highest BCUT2D eigenvalue weighted by molar-refractivity contribution is 7.99. The van der Waals surface area contributed by atoms with Crippen molar-refractivity contribution in [3.05, 3.63) is 71.3 Å². The Hall–Kier alpha value is -2.47. The molecule has 4 nitrogen and oxygen atoms in total. The van der Waals surface area contributed by atoms with Crippen LogP contribution in [-0.4, -0.2) is 26.3 Å². The largest absolute Gasteiger partial charge is 0.294 e. The van der Waals surface area contributed by atoms with Gasteiger partial charge in [-0.25, -0.2) is 4.39 Å². The third-order valence-corrected chi connectivity index (χ3v) is 5.10. The second-order valence-electron chi connectivity index (χ2n) is 6.16. The second-order valence-corrected chi connectivity index (χ2v) is 7.22. The van der Waals surface area contributed by atoms with E-state index < -0.39 is 0 Å². The maximum Gasteiger partial charge on any atom is 0.195 e. The molecular formula is C20H20FN3OS. The van der Waals surface area contributed by atoms with Crippen LogP contribution in [0.3, 0.4) is 0 Å². The van der Waals surface area contributed by atoms with E-state index in [1.54, 1.807) is 18.1 Å². The molecule has 26 heavy (non-hydrogen) atoms. The summed E-state index contributed by atoms with van der Waals surface area (Å²) in [6.45, 7) is 4.13. The molecule has 1 aromatic heterocycles. The fraction of sp³-hybridized carbons (Fsp3) is 0.250. The normalized spacial score (nSPS) is 10.9. The van der Waals surface area contributed by atoms with Gasteiger partial charge in [0.1, 0.15) is 12.1 Å². The predicted molar refractivity (Wildman–Crippen MR) is 102 cm³/mol. The molecule has 3 aromatic rings. The van der Waals surface area contributed by atoms with Gasteiger partial charge in [-0.15, -0.1) is 10.2 Å². The Morgan fingerprint density at radius 2 is 1.92 bits per heavy atom. The lowest BCUT2D eigenvalue weighted by Gasteiger charge is -2.10. The maximum atomic E-state index is 12.9. The Morgan fingerprint density at radius 3 is 2.65 bits per heavy atom. The molecule has 0 radical (unpaired) electrons. The summed E-state index contributed by atoms with van der Waals surface area (Å²) in [4.78, 5) is 12.1. The number of Topliss-reactive ketones (excluding diaryl/α,β-unsaturated/α-hetero) is 1.